The van der Waals surface area contributed by atoms with Crippen LogP contribution in [-0.2, 0) is 6.54 Å². The number of anilines is 3. The molecule has 1 unspecified atom stereocenters. The molecule has 3 heterocycles. The van der Waals surface area contributed by atoms with Crippen molar-refractivity contribution < 1.29 is 4.39 Å². The molecule has 1 aliphatic rings. The van der Waals surface area contributed by atoms with Crippen molar-refractivity contribution in [2.75, 3.05) is 24.2 Å². The number of nitrogens with zero attached hydrogens (tertiary/aromatic N) is 5. The SMILES string of the molecule is CNc1nc(Nc2ccc(-n3ncnc3C)c(F)c2)nc2c1CNCC2c1ccccc1. The third kappa shape index (κ3) is 3.67. The van der Waals surface area contributed by atoms with Crippen molar-refractivity contribution in [3.8, 4) is 5.69 Å². The van der Waals surface area contributed by atoms with Crippen molar-refractivity contribution in [1.82, 2.24) is 30.0 Å². The van der Waals surface area contributed by atoms with E-state index in [-0.39, 0.29) is 5.92 Å². The molecular formula is C23H23FN8. The second kappa shape index (κ2) is 8.35. The zero-order chi connectivity index (χ0) is 22.1. The van der Waals surface area contributed by atoms with E-state index in [0.29, 0.717) is 29.7 Å². The summed E-state index contributed by atoms with van der Waals surface area (Å²) in [6, 6.07) is 15.1. The molecule has 0 fully saturated rings. The van der Waals surface area contributed by atoms with Gasteiger partial charge < -0.3 is 16.0 Å². The van der Waals surface area contributed by atoms with Gasteiger partial charge in [-0.1, -0.05) is 30.3 Å². The lowest BCUT2D eigenvalue weighted by atomic mass is 9.90. The number of benzene rings is 2. The maximum absolute atomic E-state index is 14.8. The summed E-state index contributed by atoms with van der Waals surface area (Å²) in [5.74, 6) is 1.47. The molecule has 3 N–H and O–H groups in total. The number of fused-ring (bicyclic) bond motifs is 1. The van der Waals surface area contributed by atoms with E-state index in [1.807, 2.05) is 25.2 Å². The van der Waals surface area contributed by atoms with E-state index in [4.69, 9.17) is 4.98 Å². The van der Waals surface area contributed by atoms with Crippen LogP contribution in [0.2, 0.25) is 0 Å². The van der Waals surface area contributed by atoms with Gasteiger partial charge in [0.25, 0.3) is 0 Å². The Hall–Kier alpha value is -3.85. The predicted octanol–water partition coefficient (Wildman–Crippen LogP) is 3.53. The molecule has 1 atom stereocenters. The van der Waals surface area contributed by atoms with E-state index in [0.717, 1.165) is 23.6 Å². The molecule has 5 rings (SSSR count). The van der Waals surface area contributed by atoms with Gasteiger partial charge in [-0.05, 0) is 30.7 Å². The van der Waals surface area contributed by atoms with Crippen LogP contribution < -0.4 is 16.0 Å². The first-order valence-electron chi connectivity index (χ1n) is 10.4. The molecule has 32 heavy (non-hydrogen) atoms. The van der Waals surface area contributed by atoms with Crippen LogP contribution in [0.4, 0.5) is 21.8 Å². The van der Waals surface area contributed by atoms with Gasteiger partial charge in [0.2, 0.25) is 5.95 Å². The molecule has 2 aromatic heterocycles. The van der Waals surface area contributed by atoms with Gasteiger partial charge >= 0.3 is 0 Å². The molecule has 0 spiro atoms. The normalized spacial score (nSPS) is 15.3. The third-order valence-corrected chi connectivity index (χ3v) is 5.61. The minimum Gasteiger partial charge on any atom is -0.373 e. The summed E-state index contributed by atoms with van der Waals surface area (Å²) in [7, 11) is 1.84. The van der Waals surface area contributed by atoms with Crippen LogP contribution in [0.3, 0.4) is 0 Å². The van der Waals surface area contributed by atoms with Crippen LogP contribution >= 0.6 is 0 Å². The number of rotatable bonds is 5. The molecule has 1 aliphatic heterocycles. The van der Waals surface area contributed by atoms with Crippen LogP contribution in [0.1, 0.15) is 28.6 Å². The minimum atomic E-state index is -0.415. The third-order valence-electron chi connectivity index (χ3n) is 5.61. The number of halogens is 1. The zero-order valence-corrected chi connectivity index (χ0v) is 17.8. The summed E-state index contributed by atoms with van der Waals surface area (Å²) in [6.45, 7) is 3.25. The molecule has 2 aromatic carbocycles. The Kier molecular flexibility index (Phi) is 5.24. The predicted molar refractivity (Wildman–Crippen MR) is 121 cm³/mol. The summed E-state index contributed by atoms with van der Waals surface area (Å²) >= 11 is 0. The van der Waals surface area contributed by atoms with Crippen LogP contribution in [0.5, 0.6) is 0 Å². The molecule has 0 aliphatic carbocycles. The van der Waals surface area contributed by atoms with Crippen molar-refractivity contribution in [3.63, 3.8) is 0 Å². The highest BCUT2D eigenvalue weighted by Crippen LogP contribution is 2.33. The number of hydrogen-bond acceptors (Lipinski definition) is 7. The fourth-order valence-corrected chi connectivity index (χ4v) is 4.05. The average Bonchev–Trinajstić information content (AvgIpc) is 3.24. The summed E-state index contributed by atoms with van der Waals surface area (Å²) in [4.78, 5) is 13.5. The van der Waals surface area contributed by atoms with Gasteiger partial charge in [0.1, 0.15) is 23.7 Å². The summed E-state index contributed by atoms with van der Waals surface area (Å²) in [6.07, 6.45) is 1.40. The van der Waals surface area contributed by atoms with Gasteiger partial charge in [0.15, 0.2) is 5.82 Å². The Morgan fingerprint density at radius 3 is 2.69 bits per heavy atom. The second-order valence-corrected chi connectivity index (χ2v) is 7.61. The van der Waals surface area contributed by atoms with E-state index in [9.17, 15) is 4.39 Å². The highest BCUT2D eigenvalue weighted by Gasteiger charge is 2.26. The largest absolute Gasteiger partial charge is 0.373 e. The first-order chi connectivity index (χ1) is 15.6. The summed E-state index contributed by atoms with van der Waals surface area (Å²) in [5, 5.41) is 13.9. The van der Waals surface area contributed by atoms with E-state index >= 15 is 0 Å². The van der Waals surface area contributed by atoms with E-state index in [1.54, 1.807) is 19.1 Å². The molecule has 0 saturated heterocycles. The summed E-state index contributed by atoms with van der Waals surface area (Å²) in [5.41, 5.74) is 4.08. The molecule has 9 heteroatoms. The van der Waals surface area contributed by atoms with E-state index in [2.05, 4.69) is 43.1 Å². The first kappa shape index (κ1) is 20.1. The number of aryl methyl sites for hydroxylation is 1. The molecule has 162 valence electrons. The van der Waals surface area contributed by atoms with Crippen molar-refractivity contribution >= 4 is 17.5 Å². The van der Waals surface area contributed by atoms with Gasteiger partial charge in [-0.15, -0.1) is 0 Å². The fraction of sp³-hybridized carbons (Fsp3) is 0.217. The lowest BCUT2D eigenvalue weighted by molar-refractivity contribution is 0.576. The maximum Gasteiger partial charge on any atom is 0.229 e. The molecule has 0 radical (unpaired) electrons. The Morgan fingerprint density at radius 1 is 1.12 bits per heavy atom. The molecule has 8 nitrogen and oxygen atoms in total. The highest BCUT2D eigenvalue weighted by atomic mass is 19.1. The Bertz CT molecular complexity index is 1250. The summed E-state index contributed by atoms with van der Waals surface area (Å²) < 4.78 is 16.3. The number of nitrogens with one attached hydrogen (secondary N) is 3. The average molecular weight is 430 g/mol. The lowest BCUT2D eigenvalue weighted by Gasteiger charge is -2.27. The molecule has 4 aromatic rings. The van der Waals surface area contributed by atoms with Gasteiger partial charge in [-0.3, -0.25) is 0 Å². The highest BCUT2D eigenvalue weighted by molar-refractivity contribution is 5.60. The Morgan fingerprint density at radius 2 is 1.97 bits per heavy atom. The van der Waals surface area contributed by atoms with Crippen molar-refractivity contribution in [2.24, 2.45) is 0 Å². The topological polar surface area (TPSA) is 92.6 Å². The number of aromatic nitrogens is 5. The smallest absolute Gasteiger partial charge is 0.229 e. The van der Waals surface area contributed by atoms with Crippen LogP contribution in [0, 0.1) is 12.7 Å². The van der Waals surface area contributed by atoms with Gasteiger partial charge in [-0.25, -0.2) is 19.0 Å². The van der Waals surface area contributed by atoms with Crippen molar-refractivity contribution in [3.05, 3.63) is 83.3 Å². The molecule has 0 bridgehead atoms. The van der Waals surface area contributed by atoms with Crippen molar-refractivity contribution in [2.45, 2.75) is 19.4 Å². The zero-order valence-electron chi connectivity index (χ0n) is 17.8. The number of hydrogen-bond donors (Lipinski definition) is 3. The molecular weight excluding hydrogens is 407 g/mol. The molecule has 0 amide bonds. The monoisotopic (exact) mass is 430 g/mol. The minimum absolute atomic E-state index is 0.102. The van der Waals surface area contributed by atoms with Crippen molar-refractivity contribution in [1.29, 1.82) is 0 Å². The van der Waals surface area contributed by atoms with Gasteiger partial charge in [-0.2, -0.15) is 10.1 Å². The standard InChI is InChI=1S/C23H23FN8/c1-14-27-13-28-32(14)20-9-8-16(10-19(20)24)29-23-30-21-17(15-6-4-3-5-7-15)11-26-12-18(21)22(25-2)31-23/h3-10,13,17,26H,11-12H2,1-2H3,(H2,25,29,30,31). The Labute approximate surface area is 185 Å². The van der Waals surface area contributed by atoms with Gasteiger partial charge in [0.05, 0.1) is 5.69 Å². The maximum atomic E-state index is 14.8. The van der Waals surface area contributed by atoms with Gasteiger partial charge in [0, 0.05) is 37.3 Å². The first-order valence-corrected chi connectivity index (χ1v) is 10.4. The quantitative estimate of drug-likeness (QED) is 0.446. The van der Waals surface area contributed by atoms with Crippen LogP contribution in [-0.4, -0.2) is 38.3 Å². The van der Waals surface area contributed by atoms with E-state index in [1.165, 1.54) is 22.6 Å². The Balaban J connectivity index is 1.50. The lowest BCUT2D eigenvalue weighted by Crippen LogP contribution is -2.31. The van der Waals surface area contributed by atoms with Crippen LogP contribution in [0.15, 0.2) is 54.9 Å². The van der Waals surface area contributed by atoms with Crippen LogP contribution in [0.25, 0.3) is 5.69 Å². The molecule has 0 saturated carbocycles. The second-order valence-electron chi connectivity index (χ2n) is 7.61. The fourth-order valence-electron chi connectivity index (χ4n) is 4.05. The van der Waals surface area contributed by atoms with E-state index < -0.39 is 5.82 Å².